The molecule has 0 atom stereocenters. The Morgan fingerprint density at radius 3 is 2.18 bits per heavy atom. The molecule has 0 aliphatic carbocycles. The molecule has 2 aromatic rings. The summed E-state index contributed by atoms with van der Waals surface area (Å²) in [6, 6.07) is 9.99. The number of hydrogen-bond acceptors (Lipinski definition) is 3. The van der Waals surface area contributed by atoms with Crippen LogP contribution in [0.1, 0.15) is 10.4 Å². The van der Waals surface area contributed by atoms with Crippen LogP contribution in [0, 0.1) is 0 Å². The molecule has 0 spiro atoms. The van der Waals surface area contributed by atoms with Crippen molar-refractivity contribution in [3.63, 3.8) is 0 Å². The molecule has 0 fully saturated rings. The van der Waals surface area contributed by atoms with Crippen LogP contribution in [-0.2, 0) is 10.0 Å². The summed E-state index contributed by atoms with van der Waals surface area (Å²) in [5, 5.41) is 0.546. The molecule has 0 bridgehead atoms. The second kappa shape index (κ2) is 8.15. The second-order valence-corrected chi connectivity index (χ2v) is 7.45. The Morgan fingerprint density at radius 1 is 1.05 bits per heavy atom. The van der Waals surface area contributed by atoms with Gasteiger partial charge in [0.05, 0.1) is 15.5 Å². The van der Waals surface area contributed by atoms with Gasteiger partial charge in [0, 0.05) is 9.50 Å². The summed E-state index contributed by atoms with van der Waals surface area (Å²) in [6.45, 7) is 0. The van der Waals surface area contributed by atoms with E-state index in [0.29, 0.717) is 9.50 Å². The standard InChI is InChI=1S/C13H8BrCl2NO3S.Na/c14-8-1-6-11(12(16)7-8)13(18)17-21(19,20)10-4-2-9(15)3-5-10;/h1-7H,(H,17,18);/q;+1. The fraction of sp³-hybridized carbons (Fsp3) is 0. The minimum atomic E-state index is -3.98. The number of carbonyl (C=O) groups is 1. The molecule has 4 nitrogen and oxygen atoms in total. The van der Waals surface area contributed by atoms with Gasteiger partial charge >= 0.3 is 29.6 Å². The van der Waals surface area contributed by atoms with Gasteiger partial charge in [-0.1, -0.05) is 39.1 Å². The van der Waals surface area contributed by atoms with Crippen molar-refractivity contribution in [1.82, 2.24) is 4.72 Å². The van der Waals surface area contributed by atoms with E-state index in [1.165, 1.54) is 36.4 Å². The van der Waals surface area contributed by atoms with Gasteiger partial charge in [0.1, 0.15) is 0 Å². The molecule has 0 radical (unpaired) electrons. The van der Waals surface area contributed by atoms with Crippen molar-refractivity contribution in [3.8, 4) is 0 Å². The predicted molar refractivity (Wildman–Crippen MR) is 85.3 cm³/mol. The van der Waals surface area contributed by atoms with E-state index in [2.05, 4.69) is 15.9 Å². The Bertz CT molecular complexity index is 797. The number of rotatable bonds is 3. The average Bonchev–Trinajstić information content (AvgIpc) is 2.38. The van der Waals surface area contributed by atoms with Crippen molar-refractivity contribution in [1.29, 1.82) is 0 Å². The largest absolute Gasteiger partial charge is 1.00 e. The summed E-state index contributed by atoms with van der Waals surface area (Å²) in [5.74, 6) is -0.803. The van der Waals surface area contributed by atoms with Crippen LogP contribution in [0.2, 0.25) is 10.0 Å². The van der Waals surface area contributed by atoms with Gasteiger partial charge in [-0.05, 0) is 42.5 Å². The van der Waals surface area contributed by atoms with Gasteiger partial charge in [0.15, 0.2) is 0 Å². The van der Waals surface area contributed by atoms with Gasteiger partial charge in [-0.15, -0.1) is 0 Å². The predicted octanol–water partition coefficient (Wildman–Crippen LogP) is 0.879. The number of hydrogen-bond donors (Lipinski definition) is 1. The van der Waals surface area contributed by atoms with Gasteiger partial charge < -0.3 is 0 Å². The fourth-order valence-corrected chi connectivity index (χ4v) is 3.37. The first-order valence-electron chi connectivity index (χ1n) is 5.57. The zero-order chi connectivity index (χ0) is 15.6. The molecule has 0 aromatic heterocycles. The topological polar surface area (TPSA) is 63.2 Å². The molecule has 0 saturated heterocycles. The summed E-state index contributed by atoms with van der Waals surface area (Å²) in [6.07, 6.45) is 0. The first-order valence-corrected chi connectivity index (χ1v) is 8.60. The Hall–Kier alpha value is -0.0800. The van der Waals surface area contributed by atoms with Crippen molar-refractivity contribution in [3.05, 3.63) is 62.5 Å². The van der Waals surface area contributed by atoms with Gasteiger partial charge in [-0.2, -0.15) is 0 Å². The SMILES string of the molecule is O=C(NS(=O)(=O)c1ccc(Cl)cc1)c1ccc(Br)cc1Cl.[Na+]. The molecule has 9 heteroatoms. The molecule has 0 heterocycles. The molecule has 1 N–H and O–H groups in total. The van der Waals surface area contributed by atoms with E-state index in [9.17, 15) is 13.2 Å². The van der Waals surface area contributed by atoms with Crippen LogP contribution in [0.5, 0.6) is 0 Å². The van der Waals surface area contributed by atoms with Crippen molar-refractivity contribution in [2.24, 2.45) is 0 Å². The minimum absolute atomic E-state index is 0. The molecule has 110 valence electrons. The smallest absolute Gasteiger partial charge is 0.268 e. The third-order valence-corrected chi connectivity index (χ3v) is 4.93. The van der Waals surface area contributed by atoms with E-state index in [1.807, 2.05) is 4.72 Å². The van der Waals surface area contributed by atoms with E-state index in [4.69, 9.17) is 23.2 Å². The Balaban J connectivity index is 0.00000242. The average molecular weight is 432 g/mol. The molecular weight excluding hydrogens is 424 g/mol. The van der Waals surface area contributed by atoms with Crippen LogP contribution in [0.25, 0.3) is 0 Å². The number of sulfonamides is 1. The summed E-state index contributed by atoms with van der Waals surface area (Å²) in [5.41, 5.74) is 0.0670. The van der Waals surface area contributed by atoms with Crippen LogP contribution in [0.4, 0.5) is 0 Å². The Labute approximate surface area is 168 Å². The van der Waals surface area contributed by atoms with E-state index in [-0.39, 0.29) is 45.0 Å². The van der Waals surface area contributed by atoms with Gasteiger partial charge in [-0.3, -0.25) is 4.79 Å². The van der Waals surface area contributed by atoms with E-state index in [1.54, 1.807) is 6.07 Å². The first-order chi connectivity index (χ1) is 9.79. The first kappa shape index (κ1) is 20.0. The zero-order valence-electron chi connectivity index (χ0n) is 11.3. The maximum Gasteiger partial charge on any atom is 1.00 e. The van der Waals surface area contributed by atoms with Crippen molar-refractivity contribution >= 4 is 55.1 Å². The van der Waals surface area contributed by atoms with Gasteiger partial charge in [0.25, 0.3) is 15.9 Å². The van der Waals surface area contributed by atoms with Crippen LogP contribution in [0.3, 0.4) is 0 Å². The molecule has 0 aliphatic rings. The summed E-state index contributed by atoms with van der Waals surface area (Å²) in [4.78, 5) is 12.0. The molecule has 0 saturated carbocycles. The van der Waals surface area contributed by atoms with Crippen LogP contribution in [0.15, 0.2) is 51.8 Å². The summed E-state index contributed by atoms with van der Waals surface area (Å²) in [7, 11) is -3.98. The van der Waals surface area contributed by atoms with E-state index in [0.717, 1.165) is 0 Å². The maximum atomic E-state index is 12.1. The number of benzene rings is 2. The number of carbonyl (C=O) groups excluding carboxylic acids is 1. The van der Waals surface area contributed by atoms with E-state index >= 15 is 0 Å². The Kier molecular flexibility index (Phi) is 7.39. The molecule has 2 rings (SSSR count). The van der Waals surface area contributed by atoms with Gasteiger partial charge in [0.2, 0.25) is 0 Å². The molecule has 0 aliphatic heterocycles. The molecule has 22 heavy (non-hydrogen) atoms. The third-order valence-electron chi connectivity index (χ3n) is 2.53. The van der Waals surface area contributed by atoms with Crippen molar-refractivity contribution in [2.75, 3.05) is 0 Å². The van der Waals surface area contributed by atoms with Crippen LogP contribution < -0.4 is 34.3 Å². The zero-order valence-corrected chi connectivity index (χ0v) is 17.2. The molecule has 2 aromatic carbocycles. The minimum Gasteiger partial charge on any atom is -0.268 e. The summed E-state index contributed by atoms with van der Waals surface area (Å²) >= 11 is 14.8. The van der Waals surface area contributed by atoms with Crippen molar-refractivity contribution < 1.29 is 42.8 Å². The third kappa shape index (κ3) is 4.96. The second-order valence-electron chi connectivity index (χ2n) is 4.01. The van der Waals surface area contributed by atoms with Crippen molar-refractivity contribution in [2.45, 2.75) is 4.90 Å². The summed E-state index contributed by atoms with van der Waals surface area (Å²) < 4.78 is 26.8. The van der Waals surface area contributed by atoms with Gasteiger partial charge in [-0.25, -0.2) is 13.1 Å². The normalized spacial score (nSPS) is 10.7. The van der Waals surface area contributed by atoms with E-state index < -0.39 is 15.9 Å². The molecular formula is C13H8BrCl2NNaO3S+. The fourth-order valence-electron chi connectivity index (χ4n) is 1.52. The number of nitrogens with one attached hydrogen (secondary N) is 1. The molecule has 0 unspecified atom stereocenters. The number of amides is 1. The number of halogens is 3. The van der Waals surface area contributed by atoms with Crippen LogP contribution >= 0.6 is 39.1 Å². The quantitative estimate of drug-likeness (QED) is 0.733. The maximum absolute atomic E-state index is 12.1. The Morgan fingerprint density at radius 2 is 1.64 bits per heavy atom. The molecule has 1 amide bonds. The monoisotopic (exact) mass is 430 g/mol. The van der Waals surface area contributed by atoms with Crippen LogP contribution in [-0.4, -0.2) is 14.3 Å².